The van der Waals surface area contributed by atoms with E-state index >= 15 is 0 Å². The van der Waals surface area contributed by atoms with Gasteiger partial charge in [0.1, 0.15) is 0 Å². The van der Waals surface area contributed by atoms with E-state index in [2.05, 4.69) is 0 Å². The molecular weight excluding hydrogens is 246 g/mol. The van der Waals surface area contributed by atoms with Crippen LogP contribution in [0.3, 0.4) is 0 Å². The Bertz CT molecular complexity index is 461. The lowest BCUT2D eigenvalue weighted by atomic mass is 10.2. The van der Waals surface area contributed by atoms with E-state index in [1.165, 1.54) is 0 Å². The summed E-state index contributed by atoms with van der Waals surface area (Å²) in [5.41, 5.74) is 6.55. The summed E-state index contributed by atoms with van der Waals surface area (Å²) in [5.74, 6) is -0.329. The van der Waals surface area contributed by atoms with Crippen LogP contribution in [-0.2, 0) is 14.9 Å². The van der Waals surface area contributed by atoms with Gasteiger partial charge in [0, 0.05) is 5.69 Å². The Balaban J connectivity index is 0.000000437. The number of carbonyl (C=O) groups is 1. The van der Waals surface area contributed by atoms with Crippen molar-refractivity contribution in [3.05, 3.63) is 29.8 Å². The molecule has 6 nitrogen and oxygen atoms in total. The van der Waals surface area contributed by atoms with Crippen LogP contribution in [0.4, 0.5) is 5.69 Å². The summed E-state index contributed by atoms with van der Waals surface area (Å²) in [6.07, 6.45) is 0.715. The third-order valence-electron chi connectivity index (χ3n) is 1.40. The van der Waals surface area contributed by atoms with E-state index in [0.29, 0.717) is 24.1 Å². The zero-order valence-electron chi connectivity index (χ0n) is 9.58. The minimum absolute atomic E-state index is 0.329. The van der Waals surface area contributed by atoms with Crippen LogP contribution < -0.4 is 5.73 Å². The molecule has 0 radical (unpaired) electrons. The first-order chi connectivity index (χ1) is 7.74. The maximum atomic E-state index is 11.1. The molecular formula is C10H15NO5S. The topological polar surface area (TPSA) is 107 Å². The molecule has 0 spiro atoms. The number of esters is 1. The van der Waals surface area contributed by atoms with Crippen LogP contribution in [0.1, 0.15) is 17.3 Å². The molecule has 1 aromatic rings. The van der Waals surface area contributed by atoms with Gasteiger partial charge in [0.05, 0.1) is 18.4 Å². The van der Waals surface area contributed by atoms with E-state index in [4.69, 9.17) is 15.0 Å². The minimum Gasteiger partial charge on any atom is -0.462 e. The van der Waals surface area contributed by atoms with Crippen molar-refractivity contribution in [3.63, 3.8) is 0 Å². The van der Waals surface area contributed by atoms with Gasteiger partial charge < -0.3 is 10.5 Å². The number of hydrogen-bond acceptors (Lipinski definition) is 5. The quantitative estimate of drug-likeness (QED) is 0.466. The van der Waals surface area contributed by atoms with Gasteiger partial charge in [-0.2, -0.15) is 8.42 Å². The highest BCUT2D eigenvalue weighted by molar-refractivity contribution is 7.85. The molecule has 0 amide bonds. The Morgan fingerprint density at radius 1 is 1.47 bits per heavy atom. The second-order valence-electron chi connectivity index (χ2n) is 3.08. The molecule has 0 aliphatic rings. The van der Waals surface area contributed by atoms with Crippen molar-refractivity contribution in [2.45, 2.75) is 6.92 Å². The van der Waals surface area contributed by atoms with Gasteiger partial charge in [-0.1, -0.05) is 6.07 Å². The molecule has 17 heavy (non-hydrogen) atoms. The lowest BCUT2D eigenvalue weighted by Crippen LogP contribution is -2.04. The number of nitrogen functional groups attached to an aromatic ring is 1. The van der Waals surface area contributed by atoms with Crippen molar-refractivity contribution in [1.82, 2.24) is 0 Å². The number of hydrogen-bond donors (Lipinski definition) is 2. The van der Waals surface area contributed by atoms with Crippen molar-refractivity contribution in [1.29, 1.82) is 0 Å². The normalized spacial score (nSPS) is 10.1. The van der Waals surface area contributed by atoms with Crippen LogP contribution in [0.5, 0.6) is 0 Å². The van der Waals surface area contributed by atoms with Gasteiger partial charge in [0.15, 0.2) is 0 Å². The van der Waals surface area contributed by atoms with Crippen LogP contribution in [0.25, 0.3) is 0 Å². The van der Waals surface area contributed by atoms with Crippen molar-refractivity contribution in [2.75, 3.05) is 18.6 Å². The van der Waals surface area contributed by atoms with Gasteiger partial charge in [-0.25, -0.2) is 4.79 Å². The molecule has 0 saturated heterocycles. The third-order valence-corrected chi connectivity index (χ3v) is 1.40. The van der Waals surface area contributed by atoms with Crippen LogP contribution in [-0.4, -0.2) is 31.8 Å². The van der Waals surface area contributed by atoms with E-state index in [1.807, 2.05) is 0 Å². The predicted octanol–water partition coefficient (Wildman–Crippen LogP) is 0.950. The maximum absolute atomic E-state index is 11.1. The fourth-order valence-electron chi connectivity index (χ4n) is 0.880. The van der Waals surface area contributed by atoms with Gasteiger partial charge in [-0.05, 0) is 25.1 Å². The molecule has 0 fully saturated rings. The molecule has 0 aliphatic carbocycles. The number of benzene rings is 1. The van der Waals surface area contributed by atoms with Gasteiger partial charge in [0.25, 0.3) is 10.1 Å². The third kappa shape index (κ3) is 9.34. The van der Waals surface area contributed by atoms with Gasteiger partial charge in [-0.15, -0.1) is 0 Å². The summed E-state index contributed by atoms with van der Waals surface area (Å²) in [4.78, 5) is 11.1. The molecule has 1 aromatic carbocycles. The fraction of sp³-hybridized carbons (Fsp3) is 0.300. The van der Waals surface area contributed by atoms with E-state index in [9.17, 15) is 13.2 Å². The van der Waals surface area contributed by atoms with Crippen molar-refractivity contribution in [3.8, 4) is 0 Å². The SMILES string of the molecule is CCOC(=O)c1cccc(N)c1.CS(=O)(=O)O. The molecule has 0 heterocycles. The van der Waals surface area contributed by atoms with Crippen LogP contribution in [0, 0.1) is 0 Å². The highest BCUT2D eigenvalue weighted by Crippen LogP contribution is 2.07. The average molecular weight is 261 g/mol. The molecule has 0 aliphatic heterocycles. The molecule has 0 saturated carbocycles. The number of anilines is 1. The smallest absolute Gasteiger partial charge is 0.338 e. The zero-order chi connectivity index (χ0) is 13.5. The van der Waals surface area contributed by atoms with Crippen LogP contribution in [0.15, 0.2) is 24.3 Å². The first-order valence-electron chi connectivity index (χ1n) is 4.69. The molecule has 0 aromatic heterocycles. The Labute approximate surface area is 100 Å². The predicted molar refractivity (Wildman–Crippen MR) is 64.3 cm³/mol. The number of carbonyl (C=O) groups excluding carboxylic acids is 1. The lowest BCUT2D eigenvalue weighted by Gasteiger charge is -2.01. The number of ether oxygens (including phenoxy) is 1. The molecule has 0 unspecified atom stereocenters. The second-order valence-corrected chi connectivity index (χ2v) is 4.54. The summed E-state index contributed by atoms with van der Waals surface area (Å²) < 4.78 is 30.7. The Kier molecular flexibility index (Phi) is 6.22. The second kappa shape index (κ2) is 6.87. The molecule has 1 rings (SSSR count). The van der Waals surface area contributed by atoms with E-state index in [-0.39, 0.29) is 5.97 Å². The van der Waals surface area contributed by atoms with E-state index < -0.39 is 10.1 Å². The molecule has 96 valence electrons. The van der Waals surface area contributed by atoms with Crippen LogP contribution in [0.2, 0.25) is 0 Å². The number of rotatable bonds is 2. The highest BCUT2D eigenvalue weighted by atomic mass is 32.2. The van der Waals surface area contributed by atoms with Crippen molar-refractivity contribution < 1.29 is 22.5 Å². The summed E-state index contributed by atoms with van der Waals surface area (Å²) in [5, 5.41) is 0. The number of nitrogens with two attached hydrogens (primary N) is 1. The largest absolute Gasteiger partial charge is 0.462 e. The standard InChI is InChI=1S/C9H11NO2.CH4O3S/c1-2-12-9(11)7-4-3-5-8(10)6-7;1-5(2,3)4/h3-6H,2,10H2,1H3;1H3,(H,2,3,4). The Morgan fingerprint density at radius 3 is 2.41 bits per heavy atom. The molecule has 0 atom stereocenters. The Hall–Kier alpha value is -1.60. The summed E-state index contributed by atoms with van der Waals surface area (Å²) in [7, 11) is -3.67. The summed E-state index contributed by atoms with van der Waals surface area (Å²) >= 11 is 0. The first kappa shape index (κ1) is 15.4. The van der Waals surface area contributed by atoms with E-state index in [1.54, 1.807) is 31.2 Å². The highest BCUT2D eigenvalue weighted by Gasteiger charge is 2.04. The molecule has 0 bridgehead atoms. The average Bonchev–Trinajstić information content (AvgIpc) is 2.15. The van der Waals surface area contributed by atoms with E-state index in [0.717, 1.165) is 0 Å². The maximum Gasteiger partial charge on any atom is 0.338 e. The Morgan fingerprint density at radius 2 is 2.00 bits per heavy atom. The minimum atomic E-state index is -3.67. The molecule has 7 heteroatoms. The molecule has 3 N–H and O–H groups in total. The lowest BCUT2D eigenvalue weighted by molar-refractivity contribution is 0.0526. The zero-order valence-corrected chi connectivity index (χ0v) is 10.4. The first-order valence-corrected chi connectivity index (χ1v) is 6.54. The fourth-order valence-corrected chi connectivity index (χ4v) is 0.880. The summed E-state index contributed by atoms with van der Waals surface area (Å²) in [6.45, 7) is 2.15. The van der Waals surface area contributed by atoms with Crippen LogP contribution >= 0.6 is 0 Å². The summed E-state index contributed by atoms with van der Waals surface area (Å²) in [6, 6.07) is 6.72. The monoisotopic (exact) mass is 261 g/mol. The van der Waals surface area contributed by atoms with Gasteiger partial charge in [-0.3, -0.25) is 4.55 Å². The van der Waals surface area contributed by atoms with Crippen molar-refractivity contribution >= 4 is 21.8 Å². The van der Waals surface area contributed by atoms with Gasteiger partial charge in [0.2, 0.25) is 0 Å². The van der Waals surface area contributed by atoms with Gasteiger partial charge >= 0.3 is 5.97 Å². The van der Waals surface area contributed by atoms with Crippen molar-refractivity contribution in [2.24, 2.45) is 0 Å².